The number of carbonyl (C=O) groups is 1. The van der Waals surface area contributed by atoms with Crippen molar-refractivity contribution in [1.29, 1.82) is 0 Å². The maximum atomic E-state index is 11.7. The zero-order chi connectivity index (χ0) is 13.1. The van der Waals surface area contributed by atoms with E-state index in [4.69, 9.17) is 0 Å². The molecule has 8 heteroatoms. The molecule has 3 aromatic heterocycles. The molecule has 0 aliphatic heterocycles. The first-order valence-electron chi connectivity index (χ1n) is 5.46. The summed E-state index contributed by atoms with van der Waals surface area (Å²) in [6.07, 6.45) is 6.35. The highest BCUT2D eigenvalue weighted by molar-refractivity contribution is 6.02. The summed E-state index contributed by atoms with van der Waals surface area (Å²) in [5.41, 5.74) is 0.792. The molecule has 0 bridgehead atoms. The van der Waals surface area contributed by atoms with Gasteiger partial charge in [-0.1, -0.05) is 0 Å². The predicted molar refractivity (Wildman–Crippen MR) is 65.7 cm³/mol. The monoisotopic (exact) mass is 255 g/mol. The van der Waals surface area contributed by atoms with Gasteiger partial charge in [0, 0.05) is 12.4 Å². The van der Waals surface area contributed by atoms with Gasteiger partial charge in [0.05, 0.1) is 18.1 Å². The predicted octanol–water partition coefficient (Wildman–Crippen LogP) is 0.638. The molecule has 94 valence electrons. The van der Waals surface area contributed by atoms with E-state index in [1.165, 1.54) is 6.20 Å². The number of hydrogen-bond acceptors (Lipinski definition) is 5. The molecule has 1 amide bonds. The van der Waals surface area contributed by atoms with Gasteiger partial charge >= 0.3 is 0 Å². The lowest BCUT2D eigenvalue weighted by molar-refractivity contribution is 0.102. The molecule has 8 nitrogen and oxygen atoms in total. The third-order valence-corrected chi connectivity index (χ3v) is 2.39. The van der Waals surface area contributed by atoms with Crippen LogP contribution in [0.3, 0.4) is 0 Å². The molecule has 0 aliphatic carbocycles. The van der Waals surface area contributed by atoms with Crippen LogP contribution >= 0.6 is 0 Å². The fourth-order valence-electron chi connectivity index (χ4n) is 1.51. The fraction of sp³-hybridized carbons (Fsp3) is 0. The second-order valence-corrected chi connectivity index (χ2v) is 3.67. The molecule has 0 atom stereocenters. The Morgan fingerprint density at radius 1 is 1.32 bits per heavy atom. The van der Waals surface area contributed by atoms with Crippen LogP contribution in [-0.2, 0) is 0 Å². The average Bonchev–Trinajstić information content (AvgIpc) is 3.13. The van der Waals surface area contributed by atoms with E-state index in [0.29, 0.717) is 11.5 Å². The summed E-state index contributed by atoms with van der Waals surface area (Å²) in [6, 6.07) is 5.30. The van der Waals surface area contributed by atoms with E-state index in [0.717, 1.165) is 0 Å². The summed E-state index contributed by atoms with van der Waals surface area (Å²) in [5, 5.41) is 16.4. The van der Waals surface area contributed by atoms with E-state index in [2.05, 4.69) is 30.8 Å². The number of amides is 1. The van der Waals surface area contributed by atoms with Crippen molar-refractivity contribution in [3.63, 3.8) is 0 Å². The minimum Gasteiger partial charge on any atom is -0.319 e. The van der Waals surface area contributed by atoms with Crippen molar-refractivity contribution in [2.45, 2.75) is 0 Å². The maximum Gasteiger partial charge on any atom is 0.277 e. The van der Waals surface area contributed by atoms with Crippen LogP contribution < -0.4 is 5.32 Å². The minimum atomic E-state index is -0.345. The standard InChI is InChI=1S/C11H9N7O/c19-11(9-7-13-17-16-9)15-8-2-3-10(12-6-8)18-5-1-4-14-18/h1-7H,(H,15,19)(H,13,16,17). The molecule has 0 aliphatic rings. The average molecular weight is 255 g/mol. The van der Waals surface area contributed by atoms with Crippen LogP contribution in [0, 0.1) is 0 Å². The van der Waals surface area contributed by atoms with Gasteiger partial charge in [-0.05, 0) is 18.2 Å². The van der Waals surface area contributed by atoms with Crippen molar-refractivity contribution < 1.29 is 4.79 Å². The van der Waals surface area contributed by atoms with Gasteiger partial charge in [0.1, 0.15) is 0 Å². The number of H-pyrrole nitrogens is 1. The Morgan fingerprint density at radius 3 is 2.89 bits per heavy atom. The van der Waals surface area contributed by atoms with Gasteiger partial charge in [0.25, 0.3) is 5.91 Å². The van der Waals surface area contributed by atoms with E-state index >= 15 is 0 Å². The van der Waals surface area contributed by atoms with E-state index < -0.39 is 0 Å². The van der Waals surface area contributed by atoms with Crippen molar-refractivity contribution >= 4 is 11.6 Å². The Morgan fingerprint density at radius 2 is 2.26 bits per heavy atom. The van der Waals surface area contributed by atoms with E-state index in [-0.39, 0.29) is 11.6 Å². The Hall–Kier alpha value is -3.03. The highest BCUT2D eigenvalue weighted by Gasteiger charge is 2.09. The quantitative estimate of drug-likeness (QED) is 0.715. The smallest absolute Gasteiger partial charge is 0.277 e. The molecule has 19 heavy (non-hydrogen) atoms. The number of nitrogens with zero attached hydrogens (tertiary/aromatic N) is 5. The van der Waals surface area contributed by atoms with Crippen LogP contribution in [-0.4, -0.2) is 36.1 Å². The van der Waals surface area contributed by atoms with Gasteiger partial charge in [-0.3, -0.25) is 4.79 Å². The molecule has 0 spiro atoms. The molecule has 0 saturated heterocycles. The van der Waals surface area contributed by atoms with Gasteiger partial charge in [-0.25, -0.2) is 9.67 Å². The van der Waals surface area contributed by atoms with Crippen molar-refractivity contribution in [2.24, 2.45) is 0 Å². The van der Waals surface area contributed by atoms with Crippen molar-refractivity contribution in [2.75, 3.05) is 5.32 Å². The lowest BCUT2D eigenvalue weighted by Gasteiger charge is -2.04. The van der Waals surface area contributed by atoms with Crippen LogP contribution in [0.4, 0.5) is 5.69 Å². The zero-order valence-corrected chi connectivity index (χ0v) is 9.69. The summed E-state index contributed by atoms with van der Waals surface area (Å²) in [6.45, 7) is 0. The number of aromatic amines is 1. The molecule has 3 heterocycles. The van der Waals surface area contributed by atoms with Crippen molar-refractivity contribution in [3.8, 4) is 5.82 Å². The summed E-state index contributed by atoms with van der Waals surface area (Å²) in [7, 11) is 0. The first-order chi connectivity index (χ1) is 9.33. The molecule has 0 saturated carbocycles. The maximum absolute atomic E-state index is 11.7. The lowest BCUT2D eigenvalue weighted by atomic mass is 10.3. The summed E-state index contributed by atoms with van der Waals surface area (Å²) >= 11 is 0. The van der Waals surface area contributed by atoms with E-state index in [9.17, 15) is 4.79 Å². The molecule has 3 rings (SSSR count). The van der Waals surface area contributed by atoms with Gasteiger partial charge in [-0.2, -0.15) is 20.5 Å². The Bertz CT molecular complexity index is 658. The van der Waals surface area contributed by atoms with Gasteiger partial charge < -0.3 is 5.32 Å². The summed E-state index contributed by atoms with van der Waals surface area (Å²) in [4.78, 5) is 15.9. The molecule has 0 aromatic carbocycles. The van der Waals surface area contributed by atoms with Gasteiger partial charge in [0.2, 0.25) is 0 Å². The second kappa shape index (κ2) is 4.69. The van der Waals surface area contributed by atoms with Crippen LogP contribution in [0.5, 0.6) is 0 Å². The molecule has 3 aromatic rings. The molecule has 0 unspecified atom stereocenters. The van der Waals surface area contributed by atoms with Gasteiger partial charge in [0.15, 0.2) is 11.5 Å². The number of aromatic nitrogens is 6. The number of hydrogen-bond donors (Lipinski definition) is 2. The third kappa shape index (κ3) is 2.32. The topological polar surface area (TPSA) is 101 Å². The molecule has 0 radical (unpaired) electrons. The third-order valence-electron chi connectivity index (χ3n) is 2.39. The van der Waals surface area contributed by atoms with E-state index in [1.54, 1.807) is 35.4 Å². The highest BCUT2D eigenvalue weighted by atomic mass is 16.2. The lowest BCUT2D eigenvalue weighted by Crippen LogP contribution is -2.12. The molecule has 0 fully saturated rings. The van der Waals surface area contributed by atoms with E-state index in [1.807, 2.05) is 6.07 Å². The summed E-state index contributed by atoms with van der Waals surface area (Å²) < 4.78 is 1.63. The second-order valence-electron chi connectivity index (χ2n) is 3.67. The number of nitrogens with one attached hydrogen (secondary N) is 2. The van der Waals surface area contributed by atoms with Crippen molar-refractivity contribution in [1.82, 2.24) is 30.2 Å². The molecular weight excluding hydrogens is 246 g/mol. The first-order valence-corrected chi connectivity index (χ1v) is 5.46. The van der Waals surface area contributed by atoms with Crippen LogP contribution in [0.1, 0.15) is 10.5 Å². The number of pyridine rings is 1. The zero-order valence-electron chi connectivity index (χ0n) is 9.69. The van der Waals surface area contributed by atoms with Crippen LogP contribution in [0.2, 0.25) is 0 Å². The molecular formula is C11H9N7O. The van der Waals surface area contributed by atoms with Crippen molar-refractivity contribution in [3.05, 3.63) is 48.7 Å². The Balaban J connectivity index is 1.75. The number of anilines is 1. The highest BCUT2D eigenvalue weighted by Crippen LogP contribution is 2.09. The largest absolute Gasteiger partial charge is 0.319 e. The normalized spacial score (nSPS) is 10.3. The SMILES string of the molecule is O=C(Nc1ccc(-n2cccn2)nc1)c1cn[nH]n1. The fourth-order valence-corrected chi connectivity index (χ4v) is 1.51. The number of rotatable bonds is 3. The summed E-state index contributed by atoms with van der Waals surface area (Å²) in [5.74, 6) is 0.326. The van der Waals surface area contributed by atoms with Crippen LogP contribution in [0.15, 0.2) is 43.0 Å². The molecule has 2 N–H and O–H groups in total. The first kappa shape index (κ1) is 11.1. The number of carbonyl (C=O) groups excluding carboxylic acids is 1. The Kier molecular flexibility index (Phi) is 2.73. The van der Waals surface area contributed by atoms with Crippen LogP contribution in [0.25, 0.3) is 5.82 Å². The van der Waals surface area contributed by atoms with Gasteiger partial charge in [-0.15, -0.1) is 0 Å². The minimum absolute atomic E-state index is 0.219. The Labute approximate surface area is 107 Å².